The third-order valence-electron chi connectivity index (χ3n) is 7.34. The average molecular weight is 517 g/mol. The van der Waals surface area contributed by atoms with E-state index in [-0.39, 0.29) is 0 Å². The van der Waals surface area contributed by atoms with E-state index in [4.69, 9.17) is 19.1 Å². The van der Waals surface area contributed by atoms with Gasteiger partial charge in [0.2, 0.25) is 5.71 Å². The third kappa shape index (κ3) is 4.09. The number of H-pyrrole nitrogens is 1. The fourth-order valence-corrected chi connectivity index (χ4v) is 6.52. The molecule has 6 heterocycles. The van der Waals surface area contributed by atoms with Gasteiger partial charge < -0.3 is 19.0 Å². The highest BCUT2D eigenvalue weighted by molar-refractivity contribution is 7.85. The Hall–Kier alpha value is -3.34. The van der Waals surface area contributed by atoms with Crippen molar-refractivity contribution in [2.45, 2.75) is 13.5 Å². The molecule has 2 aliphatic heterocycles. The second-order valence-corrected chi connectivity index (χ2v) is 11.5. The van der Waals surface area contributed by atoms with Crippen molar-refractivity contribution in [3.63, 3.8) is 0 Å². The predicted octanol–water partition coefficient (Wildman–Crippen LogP) is 3.63. The molecule has 1 aromatic carbocycles. The maximum atomic E-state index is 11.8. The summed E-state index contributed by atoms with van der Waals surface area (Å²) in [6.45, 7) is 7.32. The Kier molecular flexibility index (Phi) is 5.67. The molecule has 37 heavy (non-hydrogen) atoms. The van der Waals surface area contributed by atoms with Gasteiger partial charge in [-0.05, 0) is 30.2 Å². The fraction of sp³-hybridized carbons (Fsp3) is 0.370. The molecule has 0 amide bonds. The first kappa shape index (κ1) is 22.8. The van der Waals surface area contributed by atoms with Crippen LogP contribution in [0.15, 0.2) is 41.1 Å². The second kappa shape index (κ2) is 9.20. The van der Waals surface area contributed by atoms with E-state index in [0.717, 1.165) is 88.5 Å². The van der Waals surface area contributed by atoms with Gasteiger partial charge in [-0.1, -0.05) is 12.1 Å². The van der Waals surface area contributed by atoms with Crippen LogP contribution in [0, 0.1) is 6.92 Å². The normalized spacial score (nSPS) is 17.9. The molecular formula is C27H28N6O3S. The summed E-state index contributed by atoms with van der Waals surface area (Å²) in [7, 11) is -0.694. The summed E-state index contributed by atoms with van der Waals surface area (Å²) in [5.74, 6) is 2.92. The van der Waals surface area contributed by atoms with Crippen LogP contribution in [0.1, 0.15) is 11.1 Å². The number of aromatic nitrogens is 4. The Bertz CT molecular complexity index is 1640. The number of furan rings is 1. The summed E-state index contributed by atoms with van der Waals surface area (Å²) >= 11 is 0. The topological polar surface area (TPSA) is 100 Å². The van der Waals surface area contributed by atoms with Gasteiger partial charge >= 0.3 is 0 Å². The highest BCUT2D eigenvalue weighted by atomic mass is 32.2. The van der Waals surface area contributed by atoms with Crippen molar-refractivity contribution in [1.29, 1.82) is 0 Å². The SMILES string of the molecule is Cc1c[nH]c2cccc(-c3nc(N4CCOCC4)c4oc5ncc(CN6CCS(=O)CC6)cc5c4n3)c12. The van der Waals surface area contributed by atoms with Gasteiger partial charge in [-0.3, -0.25) is 9.11 Å². The molecule has 5 aromatic rings. The molecule has 0 spiro atoms. The van der Waals surface area contributed by atoms with Crippen molar-refractivity contribution in [3.05, 3.63) is 47.8 Å². The zero-order valence-corrected chi connectivity index (χ0v) is 21.5. The molecule has 9 nitrogen and oxygen atoms in total. The zero-order valence-electron chi connectivity index (χ0n) is 20.7. The highest BCUT2D eigenvalue weighted by Gasteiger charge is 2.24. The van der Waals surface area contributed by atoms with Crippen molar-refractivity contribution in [2.75, 3.05) is 55.8 Å². The summed E-state index contributed by atoms with van der Waals surface area (Å²) < 4.78 is 23.7. The number of ether oxygens (including phenoxy) is 1. The molecule has 0 unspecified atom stereocenters. The Morgan fingerprint density at radius 3 is 2.78 bits per heavy atom. The molecule has 10 heteroatoms. The van der Waals surface area contributed by atoms with Gasteiger partial charge in [0, 0.05) is 83.9 Å². The number of morpholine rings is 1. The molecule has 7 rings (SSSR count). The number of aromatic amines is 1. The maximum absolute atomic E-state index is 11.8. The summed E-state index contributed by atoms with van der Waals surface area (Å²) in [6, 6.07) is 8.34. The lowest BCUT2D eigenvalue weighted by molar-refractivity contribution is 0.122. The molecule has 0 bridgehead atoms. The van der Waals surface area contributed by atoms with E-state index in [1.165, 1.54) is 0 Å². The van der Waals surface area contributed by atoms with Gasteiger partial charge in [-0.15, -0.1) is 0 Å². The number of benzene rings is 1. The van der Waals surface area contributed by atoms with Gasteiger partial charge in [0.1, 0.15) is 5.52 Å². The molecule has 0 aliphatic carbocycles. The minimum absolute atomic E-state index is 0.565. The number of nitrogens with one attached hydrogen (secondary N) is 1. The van der Waals surface area contributed by atoms with Crippen LogP contribution in [-0.4, -0.2) is 79.9 Å². The van der Waals surface area contributed by atoms with Crippen LogP contribution < -0.4 is 4.90 Å². The van der Waals surface area contributed by atoms with Crippen molar-refractivity contribution in [1.82, 2.24) is 24.8 Å². The Morgan fingerprint density at radius 2 is 1.95 bits per heavy atom. The third-order valence-corrected chi connectivity index (χ3v) is 8.62. The van der Waals surface area contributed by atoms with Crippen LogP contribution in [0.4, 0.5) is 5.82 Å². The summed E-state index contributed by atoms with van der Waals surface area (Å²) in [5, 5.41) is 2.02. The number of rotatable bonds is 4. The molecule has 2 saturated heterocycles. The number of aryl methyl sites for hydroxylation is 1. The van der Waals surface area contributed by atoms with Crippen LogP contribution in [0.5, 0.6) is 0 Å². The summed E-state index contributed by atoms with van der Waals surface area (Å²) in [5.41, 5.74) is 6.32. The van der Waals surface area contributed by atoms with E-state index in [0.29, 0.717) is 30.3 Å². The maximum Gasteiger partial charge on any atom is 0.229 e. The fourth-order valence-electron chi connectivity index (χ4n) is 5.39. The number of anilines is 1. The number of pyridine rings is 1. The monoisotopic (exact) mass is 516 g/mol. The lowest BCUT2D eigenvalue weighted by atomic mass is 10.1. The van der Waals surface area contributed by atoms with E-state index >= 15 is 0 Å². The van der Waals surface area contributed by atoms with E-state index < -0.39 is 10.8 Å². The van der Waals surface area contributed by atoms with Crippen molar-refractivity contribution in [3.8, 4) is 11.4 Å². The number of fused-ring (bicyclic) bond motifs is 4. The number of hydrogen-bond donors (Lipinski definition) is 1. The van der Waals surface area contributed by atoms with Gasteiger partial charge in [0.25, 0.3) is 0 Å². The Morgan fingerprint density at radius 1 is 1.11 bits per heavy atom. The van der Waals surface area contributed by atoms with Crippen LogP contribution in [-0.2, 0) is 22.1 Å². The quantitative estimate of drug-likeness (QED) is 0.387. The minimum atomic E-state index is -0.694. The minimum Gasteiger partial charge on any atom is -0.432 e. The standard InChI is InChI=1S/C27H28N6O3S/c1-17-14-28-21-4-2-3-19(22(17)21)25-30-23-20-13-18(16-32-7-11-37(34)12-8-32)15-29-27(20)36-24(23)26(31-25)33-5-9-35-10-6-33/h2-4,13-15,28H,5-12,16H2,1H3. The van der Waals surface area contributed by atoms with Crippen molar-refractivity contribution in [2.24, 2.45) is 0 Å². The number of nitrogens with zero attached hydrogens (tertiary/aromatic N) is 5. The Labute approximate surface area is 216 Å². The van der Waals surface area contributed by atoms with Crippen LogP contribution >= 0.6 is 0 Å². The second-order valence-electron chi connectivity index (χ2n) is 9.77. The summed E-state index contributed by atoms with van der Waals surface area (Å²) in [6.07, 6.45) is 3.90. The lowest BCUT2D eigenvalue weighted by Gasteiger charge is -2.27. The van der Waals surface area contributed by atoms with Gasteiger partial charge in [0.15, 0.2) is 17.2 Å². The van der Waals surface area contributed by atoms with E-state index in [2.05, 4.69) is 44.9 Å². The predicted molar refractivity (Wildman–Crippen MR) is 145 cm³/mol. The first-order chi connectivity index (χ1) is 18.1. The molecule has 2 fully saturated rings. The highest BCUT2D eigenvalue weighted by Crippen LogP contribution is 2.37. The van der Waals surface area contributed by atoms with Crippen LogP contribution in [0.3, 0.4) is 0 Å². The largest absolute Gasteiger partial charge is 0.432 e. The Balaban J connectivity index is 1.40. The molecule has 0 atom stereocenters. The first-order valence-corrected chi connectivity index (χ1v) is 14.2. The average Bonchev–Trinajstić information content (AvgIpc) is 3.50. The van der Waals surface area contributed by atoms with E-state index in [1.54, 1.807) is 0 Å². The molecule has 190 valence electrons. The van der Waals surface area contributed by atoms with Crippen LogP contribution in [0.2, 0.25) is 0 Å². The van der Waals surface area contributed by atoms with Crippen molar-refractivity contribution < 1.29 is 13.4 Å². The molecule has 1 N–H and O–H groups in total. The lowest BCUT2D eigenvalue weighted by Crippen LogP contribution is -2.37. The number of hydrogen-bond acceptors (Lipinski definition) is 8. The molecule has 0 radical (unpaired) electrons. The van der Waals surface area contributed by atoms with E-state index in [9.17, 15) is 4.21 Å². The summed E-state index contributed by atoms with van der Waals surface area (Å²) in [4.78, 5) is 22.7. The van der Waals surface area contributed by atoms with Gasteiger partial charge in [0.05, 0.1) is 18.6 Å². The molecule has 0 saturated carbocycles. The molecule has 4 aromatic heterocycles. The van der Waals surface area contributed by atoms with E-state index in [1.807, 2.05) is 18.5 Å². The smallest absolute Gasteiger partial charge is 0.229 e. The molecular weight excluding hydrogens is 488 g/mol. The van der Waals surface area contributed by atoms with Gasteiger partial charge in [-0.2, -0.15) is 0 Å². The van der Waals surface area contributed by atoms with Crippen LogP contribution in [0.25, 0.3) is 44.5 Å². The first-order valence-electron chi connectivity index (χ1n) is 12.7. The van der Waals surface area contributed by atoms with Gasteiger partial charge in [-0.25, -0.2) is 15.0 Å². The molecule has 2 aliphatic rings. The van der Waals surface area contributed by atoms with Crippen molar-refractivity contribution >= 4 is 49.7 Å². The zero-order chi connectivity index (χ0) is 24.9.